The van der Waals surface area contributed by atoms with E-state index < -0.39 is 4.92 Å². The summed E-state index contributed by atoms with van der Waals surface area (Å²) in [5.41, 5.74) is 3.47. The van der Waals surface area contributed by atoms with E-state index in [1.165, 1.54) is 24.4 Å². The van der Waals surface area contributed by atoms with E-state index >= 15 is 0 Å². The van der Waals surface area contributed by atoms with Crippen LogP contribution in [0.25, 0.3) is 11.3 Å². The molecule has 1 heterocycles. The van der Waals surface area contributed by atoms with E-state index in [0.717, 1.165) is 10.2 Å². The maximum atomic E-state index is 11.9. The Hall–Kier alpha value is -3.17. The van der Waals surface area contributed by atoms with Gasteiger partial charge in [-0.25, -0.2) is 5.43 Å². The van der Waals surface area contributed by atoms with Gasteiger partial charge in [-0.1, -0.05) is 33.6 Å². The predicted octanol–water partition coefficient (Wildman–Crippen LogP) is 4.83. The first kappa shape index (κ1) is 20.6. The number of rotatable bonds is 7. The normalized spacial score (nSPS) is 10.8. The third-order valence-electron chi connectivity index (χ3n) is 3.71. The molecule has 0 atom stereocenters. The van der Waals surface area contributed by atoms with Crippen molar-refractivity contribution >= 4 is 51.0 Å². The average Bonchev–Trinajstić information content (AvgIpc) is 3.15. The maximum Gasteiger partial charge on any atom is 0.270 e. The molecule has 148 valence electrons. The molecule has 0 bridgehead atoms. The zero-order valence-electron chi connectivity index (χ0n) is 14.8. The van der Waals surface area contributed by atoms with Crippen LogP contribution in [0.2, 0.25) is 5.02 Å². The number of nitrogens with zero attached hydrogens (tertiary/aromatic N) is 2. The first-order chi connectivity index (χ1) is 13.9. The Balaban J connectivity index is 1.58. The van der Waals surface area contributed by atoms with Crippen molar-refractivity contribution in [2.75, 3.05) is 11.9 Å². The number of halogens is 2. The molecule has 0 radical (unpaired) electrons. The Morgan fingerprint density at radius 2 is 2.07 bits per heavy atom. The number of non-ortho nitro benzene ring substituents is 1. The lowest BCUT2D eigenvalue weighted by Gasteiger charge is -2.05. The van der Waals surface area contributed by atoms with Gasteiger partial charge in [-0.15, -0.1) is 0 Å². The van der Waals surface area contributed by atoms with E-state index in [1.54, 1.807) is 12.1 Å². The standard InChI is InChI=1S/C19H14BrClN4O4/c20-12-2-1-3-13(8-12)22-11-19(26)24-23-10-15-5-7-18(29-15)16-9-14(25(27)28)4-6-17(16)21/h1-10,22H,11H2,(H,24,26). The zero-order chi connectivity index (χ0) is 20.8. The fraction of sp³-hybridized carbons (Fsp3) is 0.0526. The molecule has 3 aromatic rings. The molecule has 3 rings (SSSR count). The number of hydrogen-bond donors (Lipinski definition) is 2. The van der Waals surface area contributed by atoms with Gasteiger partial charge in [-0.3, -0.25) is 14.9 Å². The van der Waals surface area contributed by atoms with Gasteiger partial charge in [0.2, 0.25) is 0 Å². The fourth-order valence-electron chi connectivity index (χ4n) is 2.37. The third-order valence-corrected chi connectivity index (χ3v) is 4.53. The number of nitro groups is 1. The number of anilines is 1. The first-order valence-electron chi connectivity index (χ1n) is 8.28. The van der Waals surface area contributed by atoms with Gasteiger partial charge >= 0.3 is 0 Å². The van der Waals surface area contributed by atoms with Crippen molar-refractivity contribution < 1.29 is 14.1 Å². The highest BCUT2D eigenvalue weighted by Crippen LogP contribution is 2.32. The van der Waals surface area contributed by atoms with E-state index in [0.29, 0.717) is 22.1 Å². The molecule has 0 saturated carbocycles. The molecule has 2 N–H and O–H groups in total. The topological polar surface area (TPSA) is 110 Å². The number of furan rings is 1. The Morgan fingerprint density at radius 3 is 2.83 bits per heavy atom. The summed E-state index contributed by atoms with van der Waals surface area (Å²) >= 11 is 9.46. The number of amides is 1. The van der Waals surface area contributed by atoms with Crippen LogP contribution in [-0.2, 0) is 4.79 Å². The SMILES string of the molecule is O=C(CNc1cccc(Br)c1)NN=Cc1ccc(-c2cc([N+](=O)[O-])ccc2Cl)o1. The van der Waals surface area contributed by atoms with Gasteiger partial charge in [-0.2, -0.15) is 5.10 Å². The van der Waals surface area contributed by atoms with Crippen LogP contribution in [-0.4, -0.2) is 23.6 Å². The van der Waals surface area contributed by atoms with E-state index in [4.69, 9.17) is 16.0 Å². The molecule has 2 aromatic carbocycles. The summed E-state index contributed by atoms with van der Waals surface area (Å²) in [4.78, 5) is 22.3. The van der Waals surface area contributed by atoms with E-state index in [9.17, 15) is 14.9 Å². The van der Waals surface area contributed by atoms with Gasteiger partial charge in [0, 0.05) is 27.9 Å². The minimum Gasteiger partial charge on any atom is -0.455 e. The van der Waals surface area contributed by atoms with Crippen molar-refractivity contribution in [3.05, 3.63) is 80.0 Å². The number of nitro benzene ring substituents is 1. The summed E-state index contributed by atoms with van der Waals surface area (Å²) in [6.07, 6.45) is 1.33. The summed E-state index contributed by atoms with van der Waals surface area (Å²) in [5, 5.41) is 18.1. The quantitative estimate of drug-likeness (QED) is 0.288. The predicted molar refractivity (Wildman–Crippen MR) is 114 cm³/mol. The van der Waals surface area contributed by atoms with Crippen LogP contribution in [0.5, 0.6) is 0 Å². The molecule has 0 spiro atoms. The number of hydrazone groups is 1. The van der Waals surface area contributed by atoms with E-state index in [2.05, 4.69) is 31.8 Å². The summed E-state index contributed by atoms with van der Waals surface area (Å²) in [5.74, 6) is 0.361. The van der Waals surface area contributed by atoms with Crippen LogP contribution in [0.3, 0.4) is 0 Å². The summed E-state index contributed by atoms with van der Waals surface area (Å²) in [7, 11) is 0. The summed E-state index contributed by atoms with van der Waals surface area (Å²) in [6, 6.07) is 14.7. The van der Waals surface area contributed by atoms with Crippen LogP contribution in [0.4, 0.5) is 11.4 Å². The maximum absolute atomic E-state index is 11.9. The molecule has 29 heavy (non-hydrogen) atoms. The molecular weight excluding hydrogens is 464 g/mol. The highest BCUT2D eigenvalue weighted by molar-refractivity contribution is 9.10. The molecule has 0 aliphatic heterocycles. The Bertz CT molecular complexity index is 1080. The molecule has 1 aromatic heterocycles. The third kappa shape index (κ3) is 5.66. The smallest absolute Gasteiger partial charge is 0.270 e. The van der Waals surface area contributed by atoms with Crippen molar-refractivity contribution in [1.29, 1.82) is 0 Å². The monoisotopic (exact) mass is 476 g/mol. The first-order valence-corrected chi connectivity index (χ1v) is 9.45. The molecule has 0 fully saturated rings. The van der Waals surface area contributed by atoms with Crippen LogP contribution in [0.15, 0.2) is 68.6 Å². The molecule has 8 nitrogen and oxygen atoms in total. The van der Waals surface area contributed by atoms with Gasteiger partial charge in [-0.05, 0) is 36.4 Å². The molecule has 0 aliphatic carbocycles. The van der Waals surface area contributed by atoms with Crippen LogP contribution >= 0.6 is 27.5 Å². The second-order valence-corrected chi connectivity index (χ2v) is 7.10. The van der Waals surface area contributed by atoms with Gasteiger partial charge in [0.25, 0.3) is 11.6 Å². The number of nitrogens with one attached hydrogen (secondary N) is 2. The number of carbonyl (C=O) groups excluding carboxylic acids is 1. The van der Waals surface area contributed by atoms with Gasteiger partial charge in [0.05, 0.1) is 22.7 Å². The second kappa shape index (κ2) is 9.35. The van der Waals surface area contributed by atoms with Gasteiger partial charge in [0.15, 0.2) is 0 Å². The molecule has 10 heteroatoms. The molecule has 1 amide bonds. The fourth-order valence-corrected chi connectivity index (χ4v) is 2.98. The van der Waals surface area contributed by atoms with E-state index in [1.807, 2.05) is 24.3 Å². The number of carbonyl (C=O) groups is 1. The number of benzene rings is 2. The zero-order valence-corrected chi connectivity index (χ0v) is 17.1. The van der Waals surface area contributed by atoms with Crippen LogP contribution < -0.4 is 10.7 Å². The van der Waals surface area contributed by atoms with Gasteiger partial charge < -0.3 is 9.73 Å². The highest BCUT2D eigenvalue weighted by Gasteiger charge is 2.14. The van der Waals surface area contributed by atoms with Crippen molar-refractivity contribution in [1.82, 2.24) is 5.43 Å². The van der Waals surface area contributed by atoms with Crippen molar-refractivity contribution in [2.45, 2.75) is 0 Å². The molecular formula is C19H14BrClN4O4. The summed E-state index contributed by atoms with van der Waals surface area (Å²) in [6.45, 7) is 0.0422. The Labute approximate surface area is 178 Å². The van der Waals surface area contributed by atoms with Crippen LogP contribution in [0, 0.1) is 10.1 Å². The number of hydrogen-bond acceptors (Lipinski definition) is 6. The van der Waals surface area contributed by atoms with Crippen molar-refractivity contribution in [3.8, 4) is 11.3 Å². The van der Waals surface area contributed by atoms with Crippen LogP contribution in [0.1, 0.15) is 5.76 Å². The van der Waals surface area contributed by atoms with Crippen molar-refractivity contribution in [2.24, 2.45) is 5.10 Å². The minimum atomic E-state index is -0.511. The lowest BCUT2D eigenvalue weighted by molar-refractivity contribution is -0.384. The van der Waals surface area contributed by atoms with E-state index in [-0.39, 0.29) is 18.1 Å². The molecule has 0 saturated heterocycles. The lowest BCUT2D eigenvalue weighted by atomic mass is 10.1. The second-order valence-electron chi connectivity index (χ2n) is 5.78. The van der Waals surface area contributed by atoms with Gasteiger partial charge in [0.1, 0.15) is 11.5 Å². The highest BCUT2D eigenvalue weighted by atomic mass is 79.9. The lowest BCUT2D eigenvalue weighted by Crippen LogP contribution is -2.25. The molecule has 0 unspecified atom stereocenters. The van der Waals surface area contributed by atoms with Crippen molar-refractivity contribution in [3.63, 3.8) is 0 Å². The molecule has 0 aliphatic rings. The Kier molecular flexibility index (Phi) is 6.63. The largest absolute Gasteiger partial charge is 0.455 e. The summed E-state index contributed by atoms with van der Waals surface area (Å²) < 4.78 is 6.48. The Morgan fingerprint density at radius 1 is 1.24 bits per heavy atom. The minimum absolute atomic E-state index is 0.0422. The average molecular weight is 478 g/mol.